The van der Waals surface area contributed by atoms with Crippen molar-refractivity contribution in [2.75, 3.05) is 27.3 Å². The number of benzene rings is 2. The number of nitrogens with one attached hydrogen (secondary N) is 1. The quantitative estimate of drug-likeness (QED) is 0.494. The fourth-order valence-electron chi connectivity index (χ4n) is 3.81. The Morgan fingerprint density at radius 1 is 1.00 bits per heavy atom. The van der Waals surface area contributed by atoms with Crippen molar-refractivity contribution in [1.82, 2.24) is 14.8 Å². The van der Waals surface area contributed by atoms with Crippen LogP contribution in [0.2, 0.25) is 0 Å². The topological polar surface area (TPSA) is 72.8 Å². The molecule has 0 unspecified atom stereocenters. The number of hydrogen-bond acceptors (Lipinski definition) is 4. The van der Waals surface area contributed by atoms with Crippen LogP contribution in [0.15, 0.2) is 54.4 Å². The lowest BCUT2D eigenvalue weighted by Gasteiger charge is -2.21. The monoisotopic (exact) mass is 449 g/mol. The van der Waals surface area contributed by atoms with Crippen molar-refractivity contribution in [3.8, 4) is 11.5 Å². The highest BCUT2D eigenvalue weighted by molar-refractivity contribution is 6.06. The number of aryl methyl sites for hydroxylation is 1. The Labute approximate surface area is 194 Å². The predicted molar refractivity (Wildman–Crippen MR) is 131 cm³/mol. The van der Waals surface area contributed by atoms with Gasteiger partial charge < -0.3 is 24.3 Å². The first-order valence-corrected chi connectivity index (χ1v) is 11.1. The van der Waals surface area contributed by atoms with E-state index in [9.17, 15) is 9.59 Å². The van der Waals surface area contributed by atoms with E-state index >= 15 is 0 Å². The second kappa shape index (κ2) is 10.7. The largest absolute Gasteiger partial charge is 0.493 e. The lowest BCUT2D eigenvalue weighted by atomic mass is 10.1. The highest BCUT2D eigenvalue weighted by atomic mass is 16.5. The third kappa shape index (κ3) is 5.03. The average Bonchev–Trinajstić information content (AvgIpc) is 3.21. The molecule has 1 aromatic heterocycles. The highest BCUT2D eigenvalue weighted by Crippen LogP contribution is 2.28. The Bertz CT molecular complexity index is 1180. The van der Waals surface area contributed by atoms with Crippen molar-refractivity contribution in [2.24, 2.45) is 0 Å². The summed E-state index contributed by atoms with van der Waals surface area (Å²) in [7, 11) is 3.05. The van der Waals surface area contributed by atoms with Gasteiger partial charge in [0.05, 0.1) is 14.2 Å². The van der Waals surface area contributed by atoms with Crippen LogP contribution < -0.4 is 14.8 Å². The van der Waals surface area contributed by atoms with Crippen LogP contribution in [0.3, 0.4) is 0 Å². The molecule has 0 saturated heterocycles. The first-order chi connectivity index (χ1) is 16.0. The molecule has 1 heterocycles. The molecular formula is C26H31N3O4. The molecule has 0 aliphatic heterocycles. The maximum Gasteiger partial charge on any atom is 0.270 e. The van der Waals surface area contributed by atoms with E-state index in [2.05, 4.69) is 16.8 Å². The molecule has 33 heavy (non-hydrogen) atoms. The van der Waals surface area contributed by atoms with Gasteiger partial charge in [0.2, 0.25) is 0 Å². The van der Waals surface area contributed by atoms with E-state index in [1.54, 1.807) is 29.2 Å². The van der Waals surface area contributed by atoms with Gasteiger partial charge in [-0.05, 0) is 51.1 Å². The number of fused-ring (bicyclic) bond motifs is 1. The first-order valence-electron chi connectivity index (χ1n) is 11.1. The zero-order chi connectivity index (χ0) is 24.0. The molecule has 0 radical (unpaired) electrons. The molecule has 0 bridgehead atoms. The summed E-state index contributed by atoms with van der Waals surface area (Å²) in [5.74, 6) is 0.331. The molecule has 1 N–H and O–H groups in total. The molecule has 2 amide bonds. The summed E-state index contributed by atoms with van der Waals surface area (Å²) in [5.41, 5.74) is 2.53. The minimum absolute atomic E-state index is 0.220. The van der Waals surface area contributed by atoms with Crippen molar-refractivity contribution >= 4 is 28.8 Å². The van der Waals surface area contributed by atoms with E-state index < -0.39 is 5.91 Å². The Morgan fingerprint density at radius 2 is 1.70 bits per heavy atom. The number of amides is 2. The van der Waals surface area contributed by atoms with Gasteiger partial charge in [0, 0.05) is 47.9 Å². The molecule has 3 rings (SSSR count). The standard InChI is InChI=1S/C26H31N3O4/c1-6-28(7-2)26(31)21(15-19-17-29(8-3)22-12-10-9-11-20(19)22)27-25(30)18-13-14-23(32-4)24(16-18)33-5/h9-17H,6-8H2,1-5H3,(H,27,30). The number of carbonyl (C=O) groups is 2. The smallest absolute Gasteiger partial charge is 0.270 e. The molecular weight excluding hydrogens is 418 g/mol. The normalized spacial score (nSPS) is 11.4. The third-order valence-electron chi connectivity index (χ3n) is 5.63. The van der Waals surface area contributed by atoms with Crippen molar-refractivity contribution < 1.29 is 19.1 Å². The van der Waals surface area contributed by atoms with E-state index in [1.165, 1.54) is 14.2 Å². The maximum atomic E-state index is 13.3. The summed E-state index contributed by atoms with van der Waals surface area (Å²) in [6.07, 6.45) is 3.76. The fourth-order valence-corrected chi connectivity index (χ4v) is 3.81. The molecule has 174 valence electrons. The Balaban J connectivity index is 2.04. The van der Waals surface area contributed by atoms with Crippen LogP contribution >= 0.6 is 0 Å². The number of para-hydroxylation sites is 1. The van der Waals surface area contributed by atoms with Gasteiger partial charge in [-0.15, -0.1) is 0 Å². The number of likely N-dealkylation sites (N-methyl/N-ethyl adjacent to an activating group) is 1. The first kappa shape index (κ1) is 23.9. The van der Waals surface area contributed by atoms with Crippen molar-refractivity contribution in [3.63, 3.8) is 0 Å². The van der Waals surface area contributed by atoms with Crippen LogP contribution in [0.5, 0.6) is 11.5 Å². The molecule has 0 atom stereocenters. The molecule has 0 aliphatic rings. The summed E-state index contributed by atoms with van der Waals surface area (Å²) in [4.78, 5) is 28.1. The Morgan fingerprint density at radius 3 is 2.33 bits per heavy atom. The van der Waals surface area contributed by atoms with Crippen molar-refractivity contribution in [3.05, 3.63) is 65.5 Å². The number of carbonyl (C=O) groups excluding carboxylic acids is 2. The summed E-state index contributed by atoms with van der Waals surface area (Å²) in [6.45, 7) is 7.77. The SMILES string of the molecule is CCN(CC)C(=O)C(=Cc1cn(CC)c2ccccc12)NC(=O)c1ccc(OC)c(OC)c1. The van der Waals surface area contributed by atoms with Gasteiger partial charge in [-0.25, -0.2) is 0 Å². The molecule has 0 aliphatic carbocycles. The van der Waals surface area contributed by atoms with E-state index in [-0.39, 0.29) is 11.6 Å². The fraction of sp³-hybridized carbons (Fsp3) is 0.308. The van der Waals surface area contributed by atoms with E-state index in [0.29, 0.717) is 30.2 Å². The molecule has 0 spiro atoms. The second-order valence-corrected chi connectivity index (χ2v) is 7.45. The number of aromatic nitrogens is 1. The molecule has 7 heteroatoms. The molecule has 3 aromatic rings. The molecule has 2 aromatic carbocycles. The summed E-state index contributed by atoms with van der Waals surface area (Å²) in [6, 6.07) is 12.9. The maximum absolute atomic E-state index is 13.3. The van der Waals surface area contributed by atoms with Gasteiger partial charge in [-0.2, -0.15) is 0 Å². The lowest BCUT2D eigenvalue weighted by Crippen LogP contribution is -2.38. The molecule has 0 saturated carbocycles. The average molecular weight is 450 g/mol. The summed E-state index contributed by atoms with van der Waals surface area (Å²) < 4.78 is 12.7. The molecule has 7 nitrogen and oxygen atoms in total. The van der Waals surface area contributed by atoms with Gasteiger partial charge >= 0.3 is 0 Å². The van der Waals surface area contributed by atoms with Crippen molar-refractivity contribution in [1.29, 1.82) is 0 Å². The van der Waals surface area contributed by atoms with Gasteiger partial charge in [0.25, 0.3) is 11.8 Å². The number of nitrogens with zero attached hydrogens (tertiary/aromatic N) is 2. The van der Waals surface area contributed by atoms with E-state index in [1.807, 2.05) is 44.3 Å². The number of methoxy groups -OCH3 is 2. The van der Waals surface area contributed by atoms with Crippen molar-refractivity contribution in [2.45, 2.75) is 27.3 Å². The van der Waals surface area contributed by atoms with Gasteiger partial charge in [0.15, 0.2) is 11.5 Å². The van der Waals surface area contributed by atoms with Gasteiger partial charge in [-0.3, -0.25) is 9.59 Å². The van der Waals surface area contributed by atoms with Crippen LogP contribution in [0, 0.1) is 0 Å². The number of rotatable bonds is 9. The van der Waals surface area contributed by atoms with Crippen LogP contribution in [-0.2, 0) is 11.3 Å². The van der Waals surface area contributed by atoms with Gasteiger partial charge in [0.1, 0.15) is 5.70 Å². The van der Waals surface area contributed by atoms with E-state index in [0.717, 1.165) is 23.0 Å². The predicted octanol–water partition coefficient (Wildman–Crippen LogP) is 4.32. The highest BCUT2D eigenvalue weighted by Gasteiger charge is 2.21. The number of hydrogen-bond donors (Lipinski definition) is 1. The Hall–Kier alpha value is -3.74. The van der Waals surface area contributed by atoms with Crippen LogP contribution in [0.1, 0.15) is 36.7 Å². The van der Waals surface area contributed by atoms with Gasteiger partial charge in [-0.1, -0.05) is 18.2 Å². The lowest BCUT2D eigenvalue weighted by molar-refractivity contribution is -0.127. The summed E-state index contributed by atoms with van der Waals surface area (Å²) >= 11 is 0. The van der Waals surface area contributed by atoms with Crippen LogP contribution in [0.25, 0.3) is 17.0 Å². The minimum atomic E-state index is -0.401. The zero-order valence-electron chi connectivity index (χ0n) is 19.8. The third-order valence-corrected chi connectivity index (χ3v) is 5.63. The van der Waals surface area contributed by atoms with Crippen LogP contribution in [0.4, 0.5) is 0 Å². The minimum Gasteiger partial charge on any atom is -0.493 e. The summed E-state index contributed by atoms with van der Waals surface area (Å²) in [5, 5.41) is 3.85. The van der Waals surface area contributed by atoms with Crippen LogP contribution in [-0.4, -0.2) is 48.6 Å². The molecule has 0 fully saturated rings. The zero-order valence-corrected chi connectivity index (χ0v) is 19.8. The Kier molecular flexibility index (Phi) is 7.77. The second-order valence-electron chi connectivity index (χ2n) is 7.45. The number of ether oxygens (including phenoxy) is 2. The van der Waals surface area contributed by atoms with E-state index in [4.69, 9.17) is 9.47 Å².